The molecule has 1 aromatic carbocycles. The molecule has 0 unspecified atom stereocenters. The first-order valence-corrected chi connectivity index (χ1v) is 12.4. The first kappa shape index (κ1) is 54.0. The van der Waals surface area contributed by atoms with Crippen molar-refractivity contribution in [2.24, 2.45) is 0 Å². The van der Waals surface area contributed by atoms with Crippen molar-refractivity contribution in [1.82, 2.24) is 0 Å². The molecule has 0 saturated heterocycles. The molecule has 0 N–H and O–H groups in total. The van der Waals surface area contributed by atoms with Crippen LogP contribution in [0.4, 0.5) is 0 Å². The Morgan fingerprint density at radius 1 is 0.829 bits per heavy atom. The molecule has 0 atom stereocenters. The number of carbonyl (C=O) groups is 1. The van der Waals surface area contributed by atoms with Crippen molar-refractivity contribution in [2.75, 3.05) is 0 Å². The Balaban J connectivity index is -0.0000000757. The molecule has 10 heteroatoms. The van der Waals surface area contributed by atoms with Crippen molar-refractivity contribution < 1.29 is 66.3 Å². The van der Waals surface area contributed by atoms with Gasteiger partial charge in [-0.3, -0.25) is 4.79 Å². The Bertz CT molecular complexity index is 771. The minimum absolute atomic E-state index is 0. The van der Waals surface area contributed by atoms with Gasteiger partial charge in [0.25, 0.3) is 0 Å². The fourth-order valence-electron chi connectivity index (χ4n) is 1.91. The molecule has 190 valence electrons. The number of Topliss-reactive ketones (excluding diaryl/α,β-unsaturated/α-hetero) is 1. The predicted molar refractivity (Wildman–Crippen MR) is 118 cm³/mol. The molecule has 0 bridgehead atoms. The van der Waals surface area contributed by atoms with Crippen LogP contribution >= 0.6 is 0 Å². The van der Waals surface area contributed by atoms with E-state index in [1.165, 1.54) is 10.8 Å². The van der Waals surface area contributed by atoms with Crippen LogP contribution in [0.25, 0.3) is 5.20 Å². The molecule has 0 heterocycles. The summed E-state index contributed by atoms with van der Waals surface area (Å²) in [5, 5.41) is 1.25. The smallest absolute Gasteiger partial charge is 0 e. The summed E-state index contributed by atoms with van der Waals surface area (Å²) in [6.45, 7) is 40.2. The maximum atomic E-state index is 11.8. The number of ketones is 1. The number of unbranched alkanes of at least 4 members (excludes halogenated alkanes) is 2. The van der Waals surface area contributed by atoms with Crippen LogP contribution in [0.5, 0.6) is 0 Å². The van der Waals surface area contributed by atoms with Gasteiger partial charge in [0.05, 0.1) is 8.07 Å². The number of rotatable bonds is 6. The van der Waals surface area contributed by atoms with E-state index in [1.54, 1.807) is 0 Å². The van der Waals surface area contributed by atoms with Gasteiger partial charge in [-0.25, -0.2) is 0 Å². The zero-order valence-corrected chi connectivity index (χ0v) is 23.0. The average Bonchev–Trinajstić information content (AvgIpc) is 2.88. The van der Waals surface area contributed by atoms with Crippen LogP contribution in [0, 0.1) is 51.7 Å². The minimum atomic E-state index is -1.36. The van der Waals surface area contributed by atoms with Gasteiger partial charge in [-0.2, -0.15) is 0 Å². The molecule has 1 rings (SSSR count). The van der Waals surface area contributed by atoms with Crippen molar-refractivity contribution in [3.8, 4) is 11.8 Å². The summed E-state index contributed by atoms with van der Waals surface area (Å²) in [6, 6.07) is 8.19. The zero-order chi connectivity index (χ0) is 27.9. The van der Waals surface area contributed by atoms with E-state index in [0.29, 0.717) is 6.42 Å². The number of hydrogen-bond donors (Lipinski definition) is 0. The number of benzene rings is 1. The molecule has 0 saturated carbocycles. The summed E-state index contributed by atoms with van der Waals surface area (Å²) in [4.78, 5) is 11.8. The summed E-state index contributed by atoms with van der Waals surface area (Å²) in [6.07, 6.45) is 3.40. The molecule has 2 radical (unpaired) electrons. The van der Waals surface area contributed by atoms with Crippen LogP contribution in [-0.2, 0) is 72.7 Å². The van der Waals surface area contributed by atoms with E-state index in [2.05, 4.69) is 97.0 Å². The van der Waals surface area contributed by atoms with Crippen molar-refractivity contribution in [1.29, 1.82) is 0 Å². The van der Waals surface area contributed by atoms with Crippen LogP contribution in [0.15, 0.2) is 30.8 Å². The van der Waals surface area contributed by atoms with Crippen molar-refractivity contribution in [3.05, 3.63) is 81.9 Å². The first-order chi connectivity index (χ1) is 15.8. The third-order valence-corrected chi connectivity index (χ3v) is 5.55. The molecule has 35 heavy (non-hydrogen) atoms. The molecule has 0 fully saturated rings. The van der Waals surface area contributed by atoms with E-state index in [4.69, 9.17) is 27.9 Å². The van der Waals surface area contributed by atoms with E-state index in [0.717, 1.165) is 24.8 Å². The molecule has 0 spiro atoms. The van der Waals surface area contributed by atoms with Crippen LogP contribution in [0.2, 0.25) is 19.6 Å². The fourth-order valence-corrected chi connectivity index (χ4v) is 2.95. The quantitative estimate of drug-likeness (QED) is 0.118. The largest absolute Gasteiger partial charge is 0 e. The van der Waals surface area contributed by atoms with Gasteiger partial charge in [0.1, 0.15) is 0 Å². The molecule has 1 aromatic rings. The molecule has 0 aliphatic heterocycles. The van der Waals surface area contributed by atoms with Crippen LogP contribution in [0.1, 0.15) is 37.3 Å². The summed E-state index contributed by atoms with van der Waals surface area (Å²) < 4.78 is 45.0. The first-order valence-electron chi connectivity index (χ1n) is 8.87. The second-order valence-corrected chi connectivity index (χ2v) is 11.5. The summed E-state index contributed by atoms with van der Waals surface area (Å²) >= 11 is 0. The third-order valence-electron chi connectivity index (χ3n) is 3.46. The zero-order valence-electron chi connectivity index (χ0n) is 19.9. The van der Waals surface area contributed by atoms with Gasteiger partial charge in [-0.15, -0.1) is 0 Å². The van der Waals surface area contributed by atoms with Gasteiger partial charge < -0.3 is 0 Å². The SMILES string of the molecule is C=C(c1ccc(CC(=O)C#CCCCC)cc1)[Si](C)(C)C.[C-]#[O+].[C-]#[O+].[C-]#[O+].[C-]#[O+].[C-]#[O+].[C-]#[O+].[Co].[Co]. The van der Waals surface area contributed by atoms with E-state index >= 15 is 0 Å². The van der Waals surface area contributed by atoms with Crippen molar-refractivity contribution in [2.45, 2.75) is 52.2 Å². The van der Waals surface area contributed by atoms with Gasteiger partial charge in [-0.05, 0) is 23.5 Å². The Morgan fingerprint density at radius 3 is 1.51 bits per heavy atom. The Kier molecular flexibility index (Phi) is 70.0. The maximum Gasteiger partial charge on any atom is 0 e. The van der Waals surface area contributed by atoms with E-state index in [-0.39, 0.29) is 39.3 Å². The van der Waals surface area contributed by atoms with E-state index in [9.17, 15) is 4.79 Å². The van der Waals surface area contributed by atoms with Crippen LogP contribution in [-0.4, -0.2) is 13.9 Å². The van der Waals surface area contributed by atoms with Gasteiger partial charge in [0.15, 0.2) is 0 Å². The molecule has 0 amide bonds. The topological polar surface area (TPSA) is 136 Å². The monoisotopic (exact) mass is 584 g/mol. The fraction of sp³-hybridized carbons (Fsp3) is 0.320. The van der Waals surface area contributed by atoms with Crippen LogP contribution < -0.4 is 0 Å². The molecule has 7 nitrogen and oxygen atoms in total. The van der Waals surface area contributed by atoms with E-state index < -0.39 is 8.07 Å². The van der Waals surface area contributed by atoms with Gasteiger partial charge in [0, 0.05) is 46.4 Å². The summed E-state index contributed by atoms with van der Waals surface area (Å²) in [5.74, 6) is 5.68. The van der Waals surface area contributed by atoms with Gasteiger partial charge in [-0.1, -0.05) is 74.9 Å². The Morgan fingerprint density at radius 2 is 1.20 bits per heavy atom. The second kappa shape index (κ2) is 45.4. The van der Waals surface area contributed by atoms with Crippen molar-refractivity contribution in [3.63, 3.8) is 0 Å². The molecule has 0 aliphatic rings. The minimum Gasteiger partial charge on any atom is 0 e. The number of hydrogen-bond acceptors (Lipinski definition) is 1. The molecule has 0 aromatic heterocycles. The normalized spacial score (nSPS) is 6.74. The second-order valence-electron chi connectivity index (χ2n) is 6.43. The standard InChI is InChI=1S/C19H26OSi.6CO.2Co/c1-6-7-8-9-10-19(20)15-17-11-13-18(14-12-17)16(2)21(3,4)5;6*1-2;;/h11-14H,2,6-8,15H2,1,3-5H3;;;;;;;;. The Labute approximate surface area is 230 Å². The van der Waals surface area contributed by atoms with Crippen LogP contribution in [0.3, 0.4) is 0 Å². The maximum absolute atomic E-state index is 11.8. The Hall–Kier alpha value is -2.14. The molecular weight excluding hydrogens is 558 g/mol. The van der Waals surface area contributed by atoms with Gasteiger partial charge >= 0.3 is 67.8 Å². The molecular formula is C25H26Co2O7Si. The van der Waals surface area contributed by atoms with Gasteiger partial charge in [0.2, 0.25) is 5.78 Å². The molecule has 0 aliphatic carbocycles. The van der Waals surface area contributed by atoms with Crippen molar-refractivity contribution >= 4 is 19.1 Å². The predicted octanol–water partition coefficient (Wildman–Crippen LogP) is 4.65. The third kappa shape index (κ3) is 36.6. The number of carbonyl (C=O) groups excluding carboxylic acids is 1. The van der Waals surface area contributed by atoms with E-state index in [1.807, 2.05) is 12.1 Å². The summed E-state index contributed by atoms with van der Waals surface area (Å²) in [7, 11) is -1.36. The summed E-state index contributed by atoms with van der Waals surface area (Å²) in [5.41, 5.74) is 2.22. The average molecular weight is 584 g/mol.